The molecule has 1 aromatic carbocycles. The van der Waals surface area contributed by atoms with Crippen molar-refractivity contribution in [1.29, 1.82) is 0 Å². The molecule has 0 bridgehead atoms. The third kappa shape index (κ3) is 3.15. The van der Waals surface area contributed by atoms with Crippen LogP contribution in [0, 0.1) is 41.5 Å². The topological polar surface area (TPSA) is 53.5 Å². The molecule has 0 spiro atoms. The molecular formula is C22H26N6. The van der Waals surface area contributed by atoms with E-state index in [0.29, 0.717) is 0 Å². The van der Waals surface area contributed by atoms with Crippen molar-refractivity contribution in [3.63, 3.8) is 0 Å². The van der Waals surface area contributed by atoms with Gasteiger partial charge in [0.2, 0.25) is 0 Å². The van der Waals surface area contributed by atoms with Crippen molar-refractivity contribution in [3.05, 3.63) is 82.2 Å². The molecule has 0 amide bonds. The first kappa shape index (κ1) is 18.2. The van der Waals surface area contributed by atoms with Crippen LogP contribution in [0.15, 0.2) is 42.5 Å². The minimum Gasteiger partial charge on any atom is -0.240 e. The molecule has 28 heavy (non-hydrogen) atoms. The second kappa shape index (κ2) is 6.78. The van der Waals surface area contributed by atoms with E-state index in [-0.39, 0.29) is 6.17 Å². The van der Waals surface area contributed by atoms with Crippen molar-refractivity contribution in [2.45, 2.75) is 47.7 Å². The first-order chi connectivity index (χ1) is 13.3. The highest BCUT2D eigenvalue weighted by Gasteiger charge is 2.22. The molecule has 0 atom stereocenters. The zero-order valence-corrected chi connectivity index (χ0v) is 17.3. The van der Waals surface area contributed by atoms with E-state index in [1.54, 1.807) is 0 Å². The summed E-state index contributed by atoms with van der Waals surface area (Å²) in [7, 11) is 0. The fraction of sp³-hybridized carbons (Fsp3) is 0.318. The minimum absolute atomic E-state index is 0.128. The molecule has 3 aromatic heterocycles. The predicted molar refractivity (Wildman–Crippen MR) is 110 cm³/mol. The Morgan fingerprint density at radius 2 is 1.07 bits per heavy atom. The third-order valence-corrected chi connectivity index (χ3v) is 5.00. The summed E-state index contributed by atoms with van der Waals surface area (Å²) < 4.78 is 6.07. The van der Waals surface area contributed by atoms with Crippen molar-refractivity contribution in [1.82, 2.24) is 29.3 Å². The summed E-state index contributed by atoms with van der Waals surface area (Å²) in [5.41, 5.74) is 8.54. The van der Waals surface area contributed by atoms with Gasteiger partial charge in [-0.15, -0.1) is 0 Å². The van der Waals surface area contributed by atoms with E-state index < -0.39 is 0 Å². The monoisotopic (exact) mass is 374 g/mol. The summed E-state index contributed by atoms with van der Waals surface area (Å²) >= 11 is 0. The quantitative estimate of drug-likeness (QED) is 0.538. The molecule has 0 aliphatic carbocycles. The highest BCUT2D eigenvalue weighted by atomic mass is 15.5. The summed E-state index contributed by atoms with van der Waals surface area (Å²) in [5.74, 6) is 0. The molecular weight excluding hydrogens is 348 g/mol. The van der Waals surface area contributed by atoms with Crippen molar-refractivity contribution in [2.75, 3.05) is 0 Å². The molecule has 6 heteroatoms. The minimum atomic E-state index is -0.128. The molecule has 0 unspecified atom stereocenters. The average Bonchev–Trinajstić information content (AvgIpc) is 3.26. The first-order valence-corrected chi connectivity index (χ1v) is 9.52. The molecule has 0 aliphatic heterocycles. The Morgan fingerprint density at radius 3 is 1.46 bits per heavy atom. The van der Waals surface area contributed by atoms with Crippen LogP contribution in [-0.4, -0.2) is 29.3 Å². The van der Waals surface area contributed by atoms with Gasteiger partial charge in [0, 0.05) is 17.1 Å². The lowest BCUT2D eigenvalue weighted by Crippen LogP contribution is -2.24. The normalized spacial score (nSPS) is 11.5. The molecule has 0 N–H and O–H groups in total. The van der Waals surface area contributed by atoms with Gasteiger partial charge in [-0.2, -0.15) is 15.3 Å². The van der Waals surface area contributed by atoms with Crippen LogP contribution in [0.2, 0.25) is 0 Å². The maximum Gasteiger partial charge on any atom is 0.169 e. The number of hydrogen-bond acceptors (Lipinski definition) is 3. The van der Waals surface area contributed by atoms with Crippen LogP contribution in [0.5, 0.6) is 0 Å². The van der Waals surface area contributed by atoms with Crippen LogP contribution >= 0.6 is 0 Å². The van der Waals surface area contributed by atoms with Crippen LogP contribution in [-0.2, 0) is 0 Å². The zero-order chi connectivity index (χ0) is 20.0. The van der Waals surface area contributed by atoms with E-state index in [9.17, 15) is 0 Å². The number of rotatable bonds is 4. The SMILES string of the molecule is Cc1cc(C)n(-c2ccc(C(n3nc(C)cc3C)n3nc(C)cc3C)cc2)n1. The summed E-state index contributed by atoms with van der Waals surface area (Å²) in [5, 5.41) is 14.1. The summed E-state index contributed by atoms with van der Waals surface area (Å²) in [6.07, 6.45) is -0.128. The second-order valence-corrected chi connectivity index (χ2v) is 7.55. The molecule has 6 nitrogen and oxygen atoms in total. The lowest BCUT2D eigenvalue weighted by molar-refractivity contribution is 0.401. The van der Waals surface area contributed by atoms with Crippen molar-refractivity contribution in [2.24, 2.45) is 0 Å². The first-order valence-electron chi connectivity index (χ1n) is 9.52. The number of benzene rings is 1. The molecule has 0 radical (unpaired) electrons. The van der Waals surface area contributed by atoms with Gasteiger partial charge in [0.1, 0.15) is 0 Å². The number of aryl methyl sites for hydroxylation is 6. The Bertz CT molecular complexity index is 1080. The van der Waals surface area contributed by atoms with Crippen LogP contribution in [0.1, 0.15) is 45.9 Å². The van der Waals surface area contributed by atoms with E-state index in [1.807, 2.05) is 34.8 Å². The van der Waals surface area contributed by atoms with Gasteiger partial charge in [-0.3, -0.25) is 0 Å². The fourth-order valence-corrected chi connectivity index (χ4v) is 3.85. The zero-order valence-electron chi connectivity index (χ0n) is 17.3. The lowest BCUT2D eigenvalue weighted by atomic mass is 10.1. The van der Waals surface area contributed by atoms with Crippen LogP contribution in [0.3, 0.4) is 0 Å². The van der Waals surface area contributed by atoms with Gasteiger partial charge < -0.3 is 0 Å². The smallest absolute Gasteiger partial charge is 0.169 e. The highest BCUT2D eigenvalue weighted by molar-refractivity contribution is 5.37. The van der Waals surface area contributed by atoms with Crippen LogP contribution in [0.25, 0.3) is 5.69 Å². The van der Waals surface area contributed by atoms with Gasteiger partial charge in [-0.05, 0) is 77.4 Å². The molecule has 0 aliphatic rings. The Kier molecular flexibility index (Phi) is 4.41. The van der Waals surface area contributed by atoms with E-state index >= 15 is 0 Å². The molecule has 3 heterocycles. The lowest BCUT2D eigenvalue weighted by Gasteiger charge is -2.22. The summed E-state index contributed by atoms with van der Waals surface area (Å²) in [4.78, 5) is 0. The Balaban J connectivity index is 1.82. The Morgan fingerprint density at radius 1 is 0.607 bits per heavy atom. The molecule has 4 aromatic rings. The summed E-state index contributed by atoms with van der Waals surface area (Å²) in [6, 6.07) is 14.8. The van der Waals surface area contributed by atoms with Gasteiger partial charge in [0.15, 0.2) is 6.17 Å². The van der Waals surface area contributed by atoms with E-state index in [1.165, 1.54) is 0 Å². The molecule has 0 saturated carbocycles. The molecule has 4 rings (SSSR count). The van der Waals surface area contributed by atoms with Crippen LogP contribution < -0.4 is 0 Å². The third-order valence-electron chi connectivity index (χ3n) is 5.00. The highest BCUT2D eigenvalue weighted by Crippen LogP contribution is 2.25. The van der Waals surface area contributed by atoms with Gasteiger partial charge in [-0.25, -0.2) is 14.0 Å². The standard InChI is InChI=1S/C22H26N6/c1-14-11-17(4)26(23-14)21-9-7-20(8-10-21)22(27-18(5)12-15(2)24-27)28-19(6)13-16(3)25-28/h7-13,22H,1-6H3. The number of hydrogen-bond donors (Lipinski definition) is 0. The maximum atomic E-state index is 4.75. The van der Waals surface area contributed by atoms with Crippen molar-refractivity contribution in [3.8, 4) is 5.69 Å². The Labute approximate surface area is 165 Å². The predicted octanol–water partition coefficient (Wildman–Crippen LogP) is 4.21. The van der Waals surface area contributed by atoms with Crippen molar-refractivity contribution >= 4 is 0 Å². The number of nitrogens with zero attached hydrogens (tertiary/aromatic N) is 6. The van der Waals surface area contributed by atoms with Gasteiger partial charge in [-0.1, -0.05) is 12.1 Å². The molecule has 144 valence electrons. The van der Waals surface area contributed by atoms with E-state index in [0.717, 1.165) is 45.4 Å². The molecule has 0 saturated heterocycles. The van der Waals surface area contributed by atoms with Gasteiger partial charge >= 0.3 is 0 Å². The number of aromatic nitrogens is 6. The summed E-state index contributed by atoms with van der Waals surface area (Å²) in [6.45, 7) is 12.3. The van der Waals surface area contributed by atoms with E-state index in [4.69, 9.17) is 10.2 Å². The largest absolute Gasteiger partial charge is 0.240 e. The van der Waals surface area contributed by atoms with Gasteiger partial charge in [0.05, 0.1) is 22.8 Å². The fourth-order valence-electron chi connectivity index (χ4n) is 3.85. The average molecular weight is 374 g/mol. The Hall–Kier alpha value is -3.15. The van der Waals surface area contributed by atoms with Crippen LogP contribution in [0.4, 0.5) is 0 Å². The van der Waals surface area contributed by atoms with E-state index in [2.05, 4.69) is 68.3 Å². The molecule has 0 fully saturated rings. The van der Waals surface area contributed by atoms with Gasteiger partial charge in [0.25, 0.3) is 0 Å². The van der Waals surface area contributed by atoms with Crippen molar-refractivity contribution < 1.29 is 0 Å². The second-order valence-electron chi connectivity index (χ2n) is 7.55. The maximum absolute atomic E-state index is 4.75.